The van der Waals surface area contributed by atoms with E-state index in [1.807, 2.05) is 25.1 Å². The summed E-state index contributed by atoms with van der Waals surface area (Å²) in [4.78, 5) is 24.5. The summed E-state index contributed by atoms with van der Waals surface area (Å²) < 4.78 is 0. The highest BCUT2D eigenvalue weighted by atomic mass is 35.5. The van der Waals surface area contributed by atoms with Gasteiger partial charge in [0.1, 0.15) is 0 Å². The minimum atomic E-state index is -0.424. The van der Waals surface area contributed by atoms with E-state index in [9.17, 15) is 14.9 Å². The van der Waals surface area contributed by atoms with Crippen LogP contribution in [0.25, 0.3) is 0 Å². The van der Waals surface area contributed by atoms with Crippen molar-refractivity contribution in [3.63, 3.8) is 0 Å². The number of rotatable bonds is 5. The van der Waals surface area contributed by atoms with Crippen molar-refractivity contribution in [2.75, 3.05) is 5.32 Å². The Morgan fingerprint density at radius 1 is 1.00 bits per heavy atom. The standard InChI is InChI=1S/C20H15ClN2O3S/c1-13-2-11-18(19(21)12-13)20(24)22-14-3-7-16(8-4-14)27-17-9-5-15(6-10-17)23(25)26/h2-12H,1H3,(H,22,24). The van der Waals surface area contributed by atoms with Crippen LogP contribution in [-0.2, 0) is 0 Å². The average molecular weight is 399 g/mol. The van der Waals surface area contributed by atoms with Crippen LogP contribution in [-0.4, -0.2) is 10.8 Å². The first kappa shape index (κ1) is 18.9. The number of halogens is 1. The lowest BCUT2D eigenvalue weighted by Crippen LogP contribution is -2.12. The van der Waals surface area contributed by atoms with Crippen LogP contribution in [0.3, 0.4) is 0 Å². The highest BCUT2D eigenvalue weighted by Gasteiger charge is 2.11. The maximum atomic E-state index is 12.4. The predicted octanol–water partition coefficient (Wildman–Crippen LogP) is 5.96. The quantitative estimate of drug-likeness (QED) is 0.425. The maximum absolute atomic E-state index is 12.4. The summed E-state index contributed by atoms with van der Waals surface area (Å²) >= 11 is 7.61. The molecule has 5 nitrogen and oxygen atoms in total. The molecule has 3 rings (SSSR count). The third-order valence-corrected chi connectivity index (χ3v) is 5.09. The molecule has 1 N–H and O–H groups in total. The lowest BCUT2D eigenvalue weighted by atomic mass is 10.1. The molecular formula is C20H15ClN2O3S. The molecule has 3 aromatic rings. The van der Waals surface area contributed by atoms with E-state index in [0.717, 1.165) is 15.4 Å². The topological polar surface area (TPSA) is 72.2 Å². The Hall–Kier alpha value is -2.83. The fourth-order valence-corrected chi connectivity index (χ4v) is 3.52. The van der Waals surface area contributed by atoms with Gasteiger partial charge in [-0.3, -0.25) is 14.9 Å². The molecule has 0 aromatic heterocycles. The number of nitrogens with zero attached hydrogens (tertiary/aromatic N) is 1. The van der Waals surface area contributed by atoms with Gasteiger partial charge in [-0.2, -0.15) is 0 Å². The van der Waals surface area contributed by atoms with Crippen molar-refractivity contribution < 1.29 is 9.72 Å². The Labute approximate surface area is 165 Å². The Morgan fingerprint density at radius 3 is 2.15 bits per heavy atom. The number of anilines is 1. The van der Waals surface area contributed by atoms with E-state index in [1.165, 1.54) is 23.9 Å². The summed E-state index contributed by atoms with van der Waals surface area (Å²) in [6.07, 6.45) is 0. The van der Waals surface area contributed by atoms with Gasteiger partial charge in [-0.05, 0) is 61.0 Å². The van der Waals surface area contributed by atoms with E-state index in [1.54, 1.807) is 36.4 Å². The second kappa shape index (κ2) is 8.24. The van der Waals surface area contributed by atoms with Gasteiger partial charge in [0.05, 0.1) is 15.5 Å². The van der Waals surface area contributed by atoms with Crippen molar-refractivity contribution >= 4 is 40.6 Å². The van der Waals surface area contributed by atoms with E-state index in [2.05, 4.69) is 5.32 Å². The molecule has 0 saturated carbocycles. The molecule has 0 unspecified atom stereocenters. The van der Waals surface area contributed by atoms with E-state index in [4.69, 9.17) is 11.6 Å². The summed E-state index contributed by atoms with van der Waals surface area (Å²) in [7, 11) is 0. The van der Waals surface area contributed by atoms with Crippen molar-refractivity contribution in [2.45, 2.75) is 16.7 Å². The number of nitrogens with one attached hydrogen (secondary N) is 1. The van der Waals surface area contributed by atoms with Crippen LogP contribution >= 0.6 is 23.4 Å². The van der Waals surface area contributed by atoms with Crippen molar-refractivity contribution in [2.24, 2.45) is 0 Å². The fourth-order valence-electron chi connectivity index (χ4n) is 2.38. The Bertz CT molecular complexity index is 989. The zero-order valence-electron chi connectivity index (χ0n) is 14.3. The number of non-ortho nitro benzene ring substituents is 1. The molecule has 0 aliphatic carbocycles. The second-order valence-corrected chi connectivity index (χ2v) is 7.37. The number of carbonyl (C=O) groups excluding carboxylic acids is 1. The molecular weight excluding hydrogens is 384 g/mol. The number of hydrogen-bond acceptors (Lipinski definition) is 4. The van der Waals surface area contributed by atoms with Crippen molar-refractivity contribution in [3.8, 4) is 0 Å². The molecule has 27 heavy (non-hydrogen) atoms. The first-order chi connectivity index (χ1) is 12.9. The number of nitro groups is 1. The van der Waals surface area contributed by atoms with E-state index in [-0.39, 0.29) is 11.6 Å². The molecule has 0 saturated heterocycles. The predicted molar refractivity (Wildman–Crippen MR) is 108 cm³/mol. The Morgan fingerprint density at radius 2 is 1.59 bits per heavy atom. The molecule has 1 amide bonds. The zero-order chi connectivity index (χ0) is 19.4. The monoisotopic (exact) mass is 398 g/mol. The lowest BCUT2D eigenvalue weighted by Gasteiger charge is -2.08. The Balaban J connectivity index is 1.66. The maximum Gasteiger partial charge on any atom is 0.269 e. The third-order valence-electron chi connectivity index (χ3n) is 3.76. The second-order valence-electron chi connectivity index (χ2n) is 5.81. The molecule has 0 heterocycles. The summed E-state index contributed by atoms with van der Waals surface area (Å²) in [6.45, 7) is 1.91. The van der Waals surface area contributed by atoms with Crippen LogP contribution < -0.4 is 5.32 Å². The summed E-state index contributed by atoms with van der Waals surface area (Å²) in [5.41, 5.74) is 2.13. The Kier molecular flexibility index (Phi) is 5.78. The number of hydrogen-bond donors (Lipinski definition) is 1. The van der Waals surface area contributed by atoms with Crippen LogP contribution in [0.1, 0.15) is 15.9 Å². The van der Waals surface area contributed by atoms with Crippen LogP contribution in [0.4, 0.5) is 11.4 Å². The molecule has 0 bridgehead atoms. The highest BCUT2D eigenvalue weighted by molar-refractivity contribution is 7.99. The van der Waals surface area contributed by atoms with Crippen molar-refractivity contribution in [1.82, 2.24) is 0 Å². The van der Waals surface area contributed by atoms with E-state index >= 15 is 0 Å². The molecule has 136 valence electrons. The number of carbonyl (C=O) groups is 1. The molecule has 0 atom stereocenters. The van der Waals surface area contributed by atoms with Gasteiger partial charge in [-0.15, -0.1) is 0 Å². The minimum Gasteiger partial charge on any atom is -0.322 e. The van der Waals surface area contributed by atoms with Crippen LogP contribution in [0.15, 0.2) is 76.5 Å². The first-order valence-corrected chi connectivity index (χ1v) is 9.22. The fraction of sp³-hybridized carbons (Fsp3) is 0.0500. The number of benzene rings is 3. The molecule has 0 radical (unpaired) electrons. The zero-order valence-corrected chi connectivity index (χ0v) is 15.9. The largest absolute Gasteiger partial charge is 0.322 e. The summed E-state index contributed by atoms with van der Waals surface area (Å²) in [6, 6.07) is 19.0. The van der Waals surface area contributed by atoms with Crippen molar-refractivity contribution in [3.05, 3.63) is 93.0 Å². The minimum absolute atomic E-state index is 0.0622. The summed E-state index contributed by atoms with van der Waals surface area (Å²) in [5, 5.41) is 13.9. The highest BCUT2D eigenvalue weighted by Crippen LogP contribution is 2.30. The third kappa shape index (κ3) is 4.87. The van der Waals surface area contributed by atoms with Gasteiger partial charge >= 0.3 is 0 Å². The molecule has 3 aromatic carbocycles. The van der Waals surface area contributed by atoms with Gasteiger partial charge in [0.15, 0.2) is 0 Å². The summed E-state index contributed by atoms with van der Waals surface area (Å²) in [5.74, 6) is -0.268. The molecule has 0 spiro atoms. The lowest BCUT2D eigenvalue weighted by molar-refractivity contribution is -0.384. The van der Waals surface area contributed by atoms with Gasteiger partial charge in [0.2, 0.25) is 0 Å². The molecule has 0 fully saturated rings. The van der Waals surface area contributed by atoms with Crippen LogP contribution in [0, 0.1) is 17.0 Å². The van der Waals surface area contributed by atoms with Gasteiger partial charge in [-0.1, -0.05) is 29.4 Å². The van der Waals surface area contributed by atoms with Gasteiger partial charge in [-0.25, -0.2) is 0 Å². The van der Waals surface area contributed by atoms with Gasteiger partial charge < -0.3 is 5.32 Å². The van der Waals surface area contributed by atoms with E-state index < -0.39 is 4.92 Å². The normalized spacial score (nSPS) is 10.4. The first-order valence-electron chi connectivity index (χ1n) is 8.02. The van der Waals surface area contributed by atoms with Crippen LogP contribution in [0.2, 0.25) is 5.02 Å². The molecule has 0 aliphatic rings. The number of aryl methyl sites for hydroxylation is 1. The van der Waals surface area contributed by atoms with Gasteiger partial charge in [0, 0.05) is 27.6 Å². The van der Waals surface area contributed by atoms with Gasteiger partial charge in [0.25, 0.3) is 11.6 Å². The number of nitro benzene ring substituents is 1. The smallest absolute Gasteiger partial charge is 0.269 e. The average Bonchev–Trinajstić information content (AvgIpc) is 2.63. The molecule has 0 aliphatic heterocycles. The van der Waals surface area contributed by atoms with E-state index in [0.29, 0.717) is 16.3 Å². The molecule has 7 heteroatoms. The number of amides is 1. The van der Waals surface area contributed by atoms with Crippen molar-refractivity contribution in [1.29, 1.82) is 0 Å². The SMILES string of the molecule is Cc1ccc(C(=O)Nc2ccc(Sc3ccc([N+](=O)[O-])cc3)cc2)c(Cl)c1. The van der Waals surface area contributed by atoms with Crippen LogP contribution in [0.5, 0.6) is 0 Å².